The number of H-pyrrole nitrogens is 2. The zero-order chi connectivity index (χ0) is 63.5. The number of aryl methyl sites for hydroxylation is 3. The molecule has 0 saturated carbocycles. The summed E-state index contributed by atoms with van der Waals surface area (Å²) in [5.41, 5.74) is 11.0. The SMILES string of the molecule is Cn1cc(-c2n[nH]c3ccc(N4CC[C@]5(CCN(CC(=O)N6CC=C(c7ccc(-c8ncn(C)n8)cc7)CC6)C5)C4=O)cc23)cn1.Cn1nc(-c2ccc(C3=CCN(C(=O)CN4CC[C@]5(CCN(c6ccc7[nH]nc(N8CCCCC8)c7c6)C5=O)C4)CC3)cc2)oc1=O. The first kappa shape index (κ1) is 59.5. The van der Waals surface area contributed by atoms with E-state index in [4.69, 9.17) is 4.42 Å². The maximum Gasteiger partial charge on any atom is 0.437 e. The molecule has 0 radical (unpaired) electrons. The summed E-state index contributed by atoms with van der Waals surface area (Å²) in [6, 6.07) is 28.3. The molecule has 12 heterocycles. The zero-order valence-corrected chi connectivity index (χ0v) is 52.8. The minimum Gasteiger partial charge on any atom is -0.388 e. The molecule has 93 heavy (non-hydrogen) atoms. The third-order valence-electron chi connectivity index (χ3n) is 20.4. The molecular weight excluding hydrogens is 1180 g/mol. The van der Waals surface area contributed by atoms with Gasteiger partial charge in [-0.3, -0.25) is 48.5 Å². The van der Waals surface area contributed by atoms with Crippen LogP contribution in [0, 0.1) is 10.8 Å². The van der Waals surface area contributed by atoms with Crippen molar-refractivity contribution in [1.82, 2.24) is 74.3 Å². The van der Waals surface area contributed by atoms with Gasteiger partial charge in [0.25, 0.3) is 0 Å². The minimum atomic E-state index is -0.491. The highest BCUT2D eigenvalue weighted by molar-refractivity contribution is 6.04. The van der Waals surface area contributed by atoms with Crippen molar-refractivity contribution in [2.24, 2.45) is 32.0 Å². The number of aromatic amines is 2. The second kappa shape index (κ2) is 24.3. The van der Waals surface area contributed by atoms with Crippen LogP contribution in [0.2, 0.25) is 0 Å². The molecule has 2 spiro atoms. The Morgan fingerprint density at radius 1 is 0.570 bits per heavy atom. The first-order chi connectivity index (χ1) is 45.2. The molecule has 7 aliphatic heterocycles. The molecule has 2 N–H and O–H groups in total. The minimum absolute atomic E-state index is 0.107. The smallest absolute Gasteiger partial charge is 0.388 e. The number of nitrogens with zero attached hydrogens (tertiary/aromatic N) is 16. The fraction of sp³-hybridized carbons (Fsp3) is 0.406. The van der Waals surface area contributed by atoms with Gasteiger partial charge in [-0.15, -0.1) is 5.10 Å². The van der Waals surface area contributed by atoms with Crippen LogP contribution < -0.4 is 20.5 Å². The van der Waals surface area contributed by atoms with E-state index in [0.717, 1.165) is 137 Å². The maximum atomic E-state index is 14.0. The molecule has 4 aromatic carbocycles. The number of fused-ring (bicyclic) bond motifs is 2. The van der Waals surface area contributed by atoms with Crippen molar-refractivity contribution in [3.8, 4) is 34.1 Å². The summed E-state index contributed by atoms with van der Waals surface area (Å²) >= 11 is 0. The van der Waals surface area contributed by atoms with Crippen molar-refractivity contribution in [2.45, 2.75) is 57.8 Å². The highest BCUT2D eigenvalue weighted by Gasteiger charge is 2.53. The van der Waals surface area contributed by atoms with Crippen LogP contribution in [0.15, 0.2) is 125 Å². The van der Waals surface area contributed by atoms with Crippen molar-refractivity contribution in [3.63, 3.8) is 0 Å². The number of hydrogen-bond donors (Lipinski definition) is 2. The Labute approximate surface area is 537 Å². The number of nitrogens with one attached hydrogen (secondary N) is 2. The van der Waals surface area contributed by atoms with Crippen LogP contribution in [0.5, 0.6) is 0 Å². The van der Waals surface area contributed by atoms with Crippen LogP contribution in [0.25, 0.3) is 67.1 Å². The lowest BCUT2D eigenvalue weighted by atomic mass is 9.85. The summed E-state index contributed by atoms with van der Waals surface area (Å²) in [5, 5.41) is 30.2. The van der Waals surface area contributed by atoms with Crippen molar-refractivity contribution >= 4 is 73.8 Å². The molecule has 9 aromatic rings. The van der Waals surface area contributed by atoms with E-state index in [2.05, 4.69) is 91.8 Å². The third-order valence-corrected chi connectivity index (χ3v) is 20.4. The van der Waals surface area contributed by atoms with Crippen molar-refractivity contribution in [3.05, 3.63) is 137 Å². The molecule has 2 atom stereocenters. The largest absolute Gasteiger partial charge is 0.437 e. The van der Waals surface area contributed by atoms with E-state index in [0.29, 0.717) is 77.2 Å². The Morgan fingerprint density at radius 3 is 1.65 bits per heavy atom. The molecule has 5 aromatic heterocycles. The summed E-state index contributed by atoms with van der Waals surface area (Å²) in [6.07, 6.45) is 18.1. The molecule has 24 heteroatoms. The maximum absolute atomic E-state index is 14.0. The van der Waals surface area contributed by atoms with Gasteiger partial charge in [0.05, 0.1) is 41.1 Å². The van der Waals surface area contributed by atoms with Crippen LogP contribution in [0.3, 0.4) is 0 Å². The van der Waals surface area contributed by atoms with Crippen molar-refractivity contribution in [1.29, 1.82) is 0 Å². The average molecular weight is 1250 g/mol. The first-order valence-electron chi connectivity index (χ1n) is 32.6. The van der Waals surface area contributed by atoms with Gasteiger partial charge in [-0.05, 0) is 142 Å². The Balaban J connectivity index is 0.000000154. The van der Waals surface area contributed by atoms with Crippen LogP contribution in [0.4, 0.5) is 17.2 Å². The van der Waals surface area contributed by atoms with Gasteiger partial charge in [-0.25, -0.2) is 9.78 Å². The highest BCUT2D eigenvalue weighted by atomic mass is 16.4. The Kier molecular flexibility index (Phi) is 15.6. The monoisotopic (exact) mass is 1250 g/mol. The first-order valence-corrected chi connectivity index (χ1v) is 32.6. The van der Waals surface area contributed by atoms with Crippen molar-refractivity contribution in [2.75, 3.05) is 106 Å². The van der Waals surface area contributed by atoms with Gasteiger partial charge in [-0.2, -0.15) is 25.1 Å². The molecule has 0 aliphatic carbocycles. The molecule has 478 valence electrons. The number of benzene rings is 4. The number of piperidine rings is 1. The summed E-state index contributed by atoms with van der Waals surface area (Å²) in [7, 11) is 5.30. The Bertz CT molecular complexity index is 4470. The number of amides is 4. The van der Waals surface area contributed by atoms with Gasteiger partial charge in [0.15, 0.2) is 11.6 Å². The number of rotatable bonds is 12. The summed E-state index contributed by atoms with van der Waals surface area (Å²) < 4.78 is 9.81. The number of hydrogen-bond acceptors (Lipinski definition) is 15. The second-order valence-electron chi connectivity index (χ2n) is 26.3. The van der Waals surface area contributed by atoms with E-state index >= 15 is 0 Å². The van der Waals surface area contributed by atoms with E-state index in [9.17, 15) is 24.0 Å². The molecule has 7 aliphatic rings. The molecule has 4 amide bonds. The number of carbonyl (C=O) groups excluding carboxylic acids is 4. The fourth-order valence-corrected chi connectivity index (χ4v) is 15.0. The molecule has 5 saturated heterocycles. The van der Waals surface area contributed by atoms with Crippen LogP contribution in [-0.2, 0) is 40.3 Å². The van der Waals surface area contributed by atoms with E-state index in [-0.39, 0.29) is 23.6 Å². The molecular formula is C69H76N18O6. The predicted octanol–water partition coefficient (Wildman–Crippen LogP) is 7.16. The molecule has 16 rings (SSSR count). The van der Waals surface area contributed by atoms with Crippen LogP contribution >= 0.6 is 0 Å². The van der Waals surface area contributed by atoms with Gasteiger partial charge < -0.3 is 28.9 Å². The van der Waals surface area contributed by atoms with Gasteiger partial charge in [-0.1, -0.05) is 48.6 Å². The average Bonchev–Trinajstić information content (AvgIpc) is 1.62. The lowest BCUT2D eigenvalue weighted by molar-refractivity contribution is -0.133. The van der Waals surface area contributed by atoms with Gasteiger partial charge >= 0.3 is 5.76 Å². The lowest BCUT2D eigenvalue weighted by Crippen LogP contribution is -2.43. The van der Waals surface area contributed by atoms with Gasteiger partial charge in [0.1, 0.15) is 12.0 Å². The number of anilines is 3. The molecule has 0 unspecified atom stereocenters. The Hall–Kier alpha value is -9.81. The number of likely N-dealkylation sites (tertiary alicyclic amines) is 2. The van der Waals surface area contributed by atoms with Crippen LogP contribution in [0.1, 0.15) is 68.9 Å². The summed E-state index contributed by atoms with van der Waals surface area (Å²) in [5.74, 6) is 2.07. The van der Waals surface area contributed by atoms with E-state index in [1.165, 1.54) is 35.1 Å². The van der Waals surface area contributed by atoms with E-state index < -0.39 is 16.6 Å². The predicted molar refractivity (Wildman–Crippen MR) is 353 cm³/mol. The van der Waals surface area contributed by atoms with E-state index in [1.807, 2.05) is 101 Å². The normalized spacial score (nSPS) is 21.3. The lowest BCUT2D eigenvalue weighted by Gasteiger charge is -2.29. The standard InChI is InChI=1S/C35H40N8O4.C34H36N10O2/c1-39-34(46)47-32(38-39)26-7-5-24(6-8-26)25-11-17-41(18-12-25)30(44)22-40-19-13-35(23-40)14-20-43(33(35)45)27-9-10-29-28(21-27)31(37-36-29)42-15-3-2-4-16-42;1-40-19-26(18-36-40)31-28-17-27(7-8-29(28)37-38-31)44-16-12-34(33(44)46)11-15-42(21-34)20-30(45)43-13-9-24(10-14-43)23-3-5-25(6-4-23)32-35-22-41(2)39-32/h5-11,21H,2-4,12-20,22-23H2,1H3,(H,36,37);3-9,17-19,22H,10-16,20-21H2,1-2H3,(H,37,38)/t35-;34-/m00/s1. The van der Waals surface area contributed by atoms with E-state index in [1.54, 1.807) is 28.9 Å². The fourth-order valence-electron chi connectivity index (χ4n) is 15.0. The highest BCUT2D eigenvalue weighted by Crippen LogP contribution is 2.45. The van der Waals surface area contributed by atoms with Gasteiger partial charge in [0.2, 0.25) is 29.5 Å². The molecule has 24 nitrogen and oxygen atoms in total. The summed E-state index contributed by atoms with van der Waals surface area (Å²) in [4.78, 5) is 84.9. The summed E-state index contributed by atoms with van der Waals surface area (Å²) in [6.45, 7) is 9.34. The topological polar surface area (TPSA) is 245 Å². The Morgan fingerprint density at radius 2 is 1.12 bits per heavy atom. The zero-order valence-electron chi connectivity index (χ0n) is 52.8. The van der Waals surface area contributed by atoms with Crippen LogP contribution in [-0.4, -0.2) is 190 Å². The number of aromatic nitrogens is 11. The molecule has 5 fully saturated rings. The number of carbonyl (C=O) groups is 4. The van der Waals surface area contributed by atoms with Crippen molar-refractivity contribution < 1.29 is 23.6 Å². The quantitative estimate of drug-likeness (QED) is 0.123. The molecule has 0 bridgehead atoms. The second-order valence-corrected chi connectivity index (χ2v) is 26.3. The third kappa shape index (κ3) is 11.5. The van der Waals surface area contributed by atoms with Gasteiger partial charge in [0, 0.05) is 132 Å².